The Labute approximate surface area is 154 Å². The molecule has 2 rings (SSSR count). The van der Waals surface area contributed by atoms with E-state index in [9.17, 15) is 14.4 Å². The maximum atomic E-state index is 12.3. The number of carboxylic acid groups (broad SMARTS) is 1. The second-order valence-electron chi connectivity index (χ2n) is 7.75. The average Bonchev–Trinajstić information content (AvgIpc) is 2.58. The molecule has 2 aliphatic heterocycles. The number of piperidine rings is 1. The van der Waals surface area contributed by atoms with Gasteiger partial charge in [0.25, 0.3) is 0 Å². The summed E-state index contributed by atoms with van der Waals surface area (Å²) in [7, 11) is 0. The van der Waals surface area contributed by atoms with Crippen molar-refractivity contribution in [3.63, 3.8) is 0 Å². The fourth-order valence-electron chi connectivity index (χ4n) is 2.99. The second kappa shape index (κ2) is 8.38. The Bertz CT molecular complexity index is 618. The molecule has 0 aromatic heterocycles. The molecule has 0 spiro atoms. The van der Waals surface area contributed by atoms with Gasteiger partial charge in [-0.15, -0.1) is 0 Å². The maximum absolute atomic E-state index is 12.3. The van der Waals surface area contributed by atoms with Gasteiger partial charge in [0, 0.05) is 32.3 Å². The van der Waals surface area contributed by atoms with E-state index in [2.05, 4.69) is 0 Å². The molecule has 0 aliphatic carbocycles. The molecule has 26 heavy (non-hydrogen) atoms. The summed E-state index contributed by atoms with van der Waals surface area (Å²) >= 11 is 0. The van der Waals surface area contributed by atoms with Crippen LogP contribution in [0.1, 0.15) is 40.0 Å². The normalized spacial score (nSPS) is 21.5. The highest BCUT2D eigenvalue weighted by molar-refractivity contribution is 5.88. The minimum atomic E-state index is -0.844. The van der Waals surface area contributed by atoms with Gasteiger partial charge in [0.05, 0.1) is 5.92 Å². The lowest BCUT2D eigenvalue weighted by molar-refractivity contribution is -0.144. The highest BCUT2D eigenvalue weighted by Gasteiger charge is 2.27. The molecule has 0 aromatic rings. The van der Waals surface area contributed by atoms with E-state index in [-0.39, 0.29) is 18.5 Å². The van der Waals surface area contributed by atoms with Gasteiger partial charge in [-0.25, -0.2) is 4.79 Å². The van der Waals surface area contributed by atoms with Gasteiger partial charge in [0.15, 0.2) is 0 Å². The van der Waals surface area contributed by atoms with Crippen molar-refractivity contribution in [1.29, 1.82) is 0 Å². The first-order valence-electron chi connectivity index (χ1n) is 9.02. The Kier molecular flexibility index (Phi) is 6.45. The number of allylic oxidation sites excluding steroid dienone is 1. The Morgan fingerprint density at radius 2 is 1.96 bits per heavy atom. The highest BCUT2D eigenvalue weighted by Crippen LogP contribution is 2.18. The van der Waals surface area contributed by atoms with Crippen LogP contribution in [0.15, 0.2) is 23.8 Å². The lowest BCUT2D eigenvalue weighted by atomic mass is 9.98. The van der Waals surface area contributed by atoms with Crippen molar-refractivity contribution < 1.29 is 24.2 Å². The molecular weight excluding hydrogens is 336 g/mol. The van der Waals surface area contributed by atoms with Crippen LogP contribution >= 0.6 is 0 Å². The van der Waals surface area contributed by atoms with Crippen LogP contribution in [-0.4, -0.2) is 64.7 Å². The first kappa shape index (κ1) is 20.0. The van der Waals surface area contributed by atoms with E-state index in [1.54, 1.807) is 15.9 Å². The number of hydrogen-bond donors (Lipinski definition) is 1. The molecule has 2 amide bonds. The molecule has 0 aromatic carbocycles. The maximum Gasteiger partial charge on any atom is 0.410 e. The number of amides is 2. The smallest absolute Gasteiger partial charge is 0.410 e. The third-order valence-electron chi connectivity index (χ3n) is 4.42. The van der Waals surface area contributed by atoms with Crippen LogP contribution in [0.2, 0.25) is 0 Å². The summed E-state index contributed by atoms with van der Waals surface area (Å²) in [6.45, 7) is 7.36. The molecule has 2 aliphatic rings. The number of carbonyl (C=O) groups excluding carboxylic acids is 2. The van der Waals surface area contributed by atoms with Crippen molar-refractivity contribution in [2.45, 2.75) is 45.6 Å². The molecule has 1 atom stereocenters. The molecule has 7 nitrogen and oxygen atoms in total. The van der Waals surface area contributed by atoms with Crippen molar-refractivity contribution in [3.8, 4) is 0 Å². The molecule has 1 fully saturated rings. The number of hydrogen-bond acceptors (Lipinski definition) is 4. The molecule has 1 unspecified atom stereocenters. The summed E-state index contributed by atoms with van der Waals surface area (Å²) in [5.41, 5.74) is 0.472. The van der Waals surface area contributed by atoms with Gasteiger partial charge in [-0.1, -0.05) is 12.2 Å². The number of ether oxygens (including phenoxy) is 1. The topological polar surface area (TPSA) is 87.2 Å². The van der Waals surface area contributed by atoms with E-state index in [0.717, 1.165) is 5.57 Å². The van der Waals surface area contributed by atoms with Gasteiger partial charge in [-0.3, -0.25) is 9.59 Å². The lowest BCUT2D eigenvalue weighted by Gasteiger charge is -2.30. The van der Waals surface area contributed by atoms with E-state index < -0.39 is 17.5 Å². The minimum Gasteiger partial charge on any atom is -0.481 e. The molecule has 1 N–H and O–H groups in total. The zero-order chi connectivity index (χ0) is 19.3. The van der Waals surface area contributed by atoms with Gasteiger partial charge in [-0.2, -0.15) is 0 Å². The summed E-state index contributed by atoms with van der Waals surface area (Å²) in [5.74, 6) is -1.48. The van der Waals surface area contributed by atoms with E-state index in [4.69, 9.17) is 9.84 Å². The SMILES string of the molecule is CC(C)(C)OC(=O)N1CC=C(C=CC(=O)N2CCCC(C(=O)O)C2)CC1. The molecule has 0 radical (unpaired) electrons. The van der Waals surface area contributed by atoms with E-state index >= 15 is 0 Å². The minimum absolute atomic E-state index is 0.161. The highest BCUT2D eigenvalue weighted by atomic mass is 16.6. The average molecular weight is 364 g/mol. The van der Waals surface area contributed by atoms with Crippen LogP contribution in [0, 0.1) is 5.92 Å². The zero-order valence-corrected chi connectivity index (χ0v) is 15.7. The first-order valence-corrected chi connectivity index (χ1v) is 9.02. The Morgan fingerprint density at radius 3 is 2.54 bits per heavy atom. The predicted octanol–water partition coefficient (Wildman–Crippen LogP) is 2.43. The van der Waals surface area contributed by atoms with E-state index in [0.29, 0.717) is 38.9 Å². The lowest BCUT2D eigenvalue weighted by Crippen LogP contribution is -2.41. The third-order valence-corrected chi connectivity index (χ3v) is 4.42. The number of carboxylic acids is 1. The summed E-state index contributed by atoms with van der Waals surface area (Å²) in [4.78, 5) is 38.6. The zero-order valence-electron chi connectivity index (χ0n) is 15.7. The van der Waals surface area contributed by atoms with Crippen LogP contribution in [0.5, 0.6) is 0 Å². The van der Waals surface area contributed by atoms with Gasteiger partial charge in [-0.05, 0) is 45.6 Å². The van der Waals surface area contributed by atoms with E-state index in [1.807, 2.05) is 26.8 Å². The standard InChI is InChI=1S/C19H28N2O5/c1-19(2,3)26-18(25)20-11-8-14(9-12-20)6-7-16(22)21-10-4-5-15(13-21)17(23)24/h6-8,15H,4-5,9-13H2,1-3H3,(H,23,24). The Morgan fingerprint density at radius 1 is 1.23 bits per heavy atom. The van der Waals surface area contributed by atoms with Crippen LogP contribution in [0.4, 0.5) is 4.79 Å². The molecule has 2 heterocycles. The molecule has 0 saturated carbocycles. The van der Waals surface area contributed by atoms with Crippen molar-refractivity contribution in [2.24, 2.45) is 5.92 Å². The number of aliphatic carboxylic acids is 1. The summed E-state index contributed by atoms with van der Waals surface area (Å²) in [5, 5.41) is 9.10. The Hall–Kier alpha value is -2.31. The van der Waals surface area contributed by atoms with Crippen molar-refractivity contribution in [1.82, 2.24) is 9.80 Å². The first-order chi connectivity index (χ1) is 12.2. The predicted molar refractivity (Wildman–Crippen MR) is 96.6 cm³/mol. The monoisotopic (exact) mass is 364 g/mol. The van der Waals surface area contributed by atoms with Crippen LogP contribution in [-0.2, 0) is 14.3 Å². The van der Waals surface area contributed by atoms with Crippen LogP contribution < -0.4 is 0 Å². The van der Waals surface area contributed by atoms with E-state index in [1.165, 1.54) is 6.08 Å². The molecule has 144 valence electrons. The van der Waals surface area contributed by atoms with Crippen molar-refractivity contribution in [2.75, 3.05) is 26.2 Å². The van der Waals surface area contributed by atoms with Gasteiger partial charge < -0.3 is 19.6 Å². The fraction of sp³-hybridized carbons (Fsp3) is 0.632. The molecule has 1 saturated heterocycles. The number of likely N-dealkylation sites (tertiary alicyclic amines) is 1. The number of rotatable bonds is 3. The quantitative estimate of drug-likeness (QED) is 0.777. The number of carbonyl (C=O) groups is 3. The molecular formula is C19H28N2O5. The summed E-state index contributed by atoms with van der Waals surface area (Å²) < 4.78 is 5.35. The largest absolute Gasteiger partial charge is 0.481 e. The van der Waals surface area contributed by atoms with Gasteiger partial charge in [0.2, 0.25) is 5.91 Å². The summed E-state index contributed by atoms with van der Waals surface area (Å²) in [6, 6.07) is 0. The third kappa shape index (κ3) is 5.89. The second-order valence-corrected chi connectivity index (χ2v) is 7.75. The molecule has 0 bridgehead atoms. The summed E-state index contributed by atoms with van der Waals surface area (Å²) in [6.07, 6.45) is 6.83. The fourth-order valence-corrected chi connectivity index (χ4v) is 2.99. The van der Waals surface area contributed by atoms with Crippen molar-refractivity contribution >= 4 is 18.0 Å². The van der Waals surface area contributed by atoms with Gasteiger partial charge in [0.1, 0.15) is 5.60 Å². The van der Waals surface area contributed by atoms with Crippen molar-refractivity contribution in [3.05, 3.63) is 23.8 Å². The molecule has 7 heteroatoms. The van der Waals surface area contributed by atoms with Crippen LogP contribution in [0.25, 0.3) is 0 Å². The Balaban J connectivity index is 1.86. The van der Waals surface area contributed by atoms with Crippen LogP contribution in [0.3, 0.4) is 0 Å². The van der Waals surface area contributed by atoms with Gasteiger partial charge >= 0.3 is 12.1 Å². The number of nitrogens with zero attached hydrogens (tertiary/aromatic N) is 2.